The molecule has 1 atom stereocenters. The fourth-order valence-corrected chi connectivity index (χ4v) is 5.86. The van der Waals surface area contributed by atoms with Crippen LogP contribution in [-0.4, -0.2) is 54.4 Å². The molecule has 11 heteroatoms. The van der Waals surface area contributed by atoms with E-state index in [9.17, 15) is 9.59 Å². The Labute approximate surface area is 309 Å². The van der Waals surface area contributed by atoms with E-state index in [4.69, 9.17) is 35.1 Å². The first kappa shape index (κ1) is 37.9. The van der Waals surface area contributed by atoms with E-state index in [0.29, 0.717) is 52.2 Å². The molecule has 0 saturated heterocycles. The highest BCUT2D eigenvalue weighted by molar-refractivity contribution is 6.32. The van der Waals surface area contributed by atoms with Gasteiger partial charge in [0.25, 0.3) is 5.91 Å². The molecule has 0 fully saturated rings. The third-order valence-electron chi connectivity index (χ3n) is 8.77. The normalized spacial score (nSPS) is 11.9. The van der Waals surface area contributed by atoms with Crippen LogP contribution >= 0.6 is 11.6 Å². The van der Waals surface area contributed by atoms with Crippen molar-refractivity contribution in [2.75, 3.05) is 20.8 Å². The van der Waals surface area contributed by atoms with Crippen LogP contribution in [0.4, 0.5) is 0 Å². The Morgan fingerprint density at radius 2 is 1.50 bits per heavy atom. The summed E-state index contributed by atoms with van der Waals surface area (Å²) in [6.07, 6.45) is 0.159. The molecular formula is C41H44ClN3O7. The van der Waals surface area contributed by atoms with Crippen LogP contribution in [0.3, 0.4) is 0 Å². The van der Waals surface area contributed by atoms with Crippen molar-refractivity contribution >= 4 is 23.5 Å². The summed E-state index contributed by atoms with van der Waals surface area (Å²) in [4.78, 5) is 28.3. The van der Waals surface area contributed by atoms with Crippen molar-refractivity contribution in [2.24, 2.45) is 0 Å². The van der Waals surface area contributed by atoms with Gasteiger partial charge in [-0.15, -0.1) is 0 Å². The third kappa shape index (κ3) is 9.31. The van der Waals surface area contributed by atoms with Gasteiger partial charge in [-0.1, -0.05) is 89.6 Å². The lowest BCUT2D eigenvalue weighted by Crippen LogP contribution is -2.58. The van der Waals surface area contributed by atoms with E-state index >= 15 is 0 Å². The Balaban J connectivity index is 1.55. The highest BCUT2D eigenvalue weighted by Crippen LogP contribution is 2.44. The van der Waals surface area contributed by atoms with Gasteiger partial charge >= 0.3 is 5.97 Å². The van der Waals surface area contributed by atoms with Gasteiger partial charge in [0, 0.05) is 12.1 Å². The summed E-state index contributed by atoms with van der Waals surface area (Å²) in [6.45, 7) is 8.21. The summed E-state index contributed by atoms with van der Waals surface area (Å²) >= 11 is 6.87. The van der Waals surface area contributed by atoms with Crippen LogP contribution in [0, 0.1) is 0 Å². The van der Waals surface area contributed by atoms with Crippen molar-refractivity contribution in [3.8, 4) is 39.7 Å². The van der Waals surface area contributed by atoms with Crippen molar-refractivity contribution in [3.05, 3.63) is 119 Å². The molecule has 0 radical (unpaired) electrons. The van der Waals surface area contributed by atoms with Gasteiger partial charge in [-0.05, 0) is 69.6 Å². The fourth-order valence-electron chi connectivity index (χ4n) is 5.64. The summed E-state index contributed by atoms with van der Waals surface area (Å²) < 4.78 is 29.2. The van der Waals surface area contributed by atoms with Crippen LogP contribution in [0.15, 0.2) is 102 Å². The van der Waals surface area contributed by atoms with E-state index in [2.05, 4.69) is 10.5 Å². The minimum atomic E-state index is -0.899. The Morgan fingerprint density at radius 3 is 2.08 bits per heavy atom. The number of ether oxygens (including phenoxy) is 4. The zero-order valence-electron chi connectivity index (χ0n) is 30.3. The average Bonchev–Trinajstić information content (AvgIpc) is 3.59. The van der Waals surface area contributed by atoms with Crippen LogP contribution in [0.1, 0.15) is 55.7 Å². The number of carbonyl (C=O) groups excluding carboxylic acids is 2. The van der Waals surface area contributed by atoms with E-state index in [1.54, 1.807) is 38.3 Å². The number of aromatic nitrogens is 1. The number of nitrogens with zero attached hydrogens (tertiary/aromatic N) is 2. The van der Waals surface area contributed by atoms with E-state index < -0.39 is 11.6 Å². The second-order valence-electron chi connectivity index (χ2n) is 12.8. The Bertz CT molecular complexity index is 1950. The second-order valence-corrected chi connectivity index (χ2v) is 13.2. The number of hydrogen-bond acceptors (Lipinski definition) is 9. The number of nitrogens with one attached hydrogen (secondary N) is 1. The maximum atomic E-state index is 14.2. The second kappa shape index (κ2) is 17.3. The van der Waals surface area contributed by atoms with Crippen molar-refractivity contribution in [1.29, 1.82) is 0 Å². The number of carbonyl (C=O) groups is 2. The highest BCUT2D eigenvalue weighted by atomic mass is 35.5. The number of benzene rings is 4. The smallest absolute Gasteiger partial charge is 0.307 e. The number of hydrogen-bond donors (Lipinski definition) is 1. The van der Waals surface area contributed by atoms with Crippen LogP contribution < -0.4 is 19.5 Å². The molecule has 272 valence electrons. The van der Waals surface area contributed by atoms with Gasteiger partial charge < -0.3 is 28.8 Å². The molecule has 0 aliphatic carbocycles. The van der Waals surface area contributed by atoms with Crippen LogP contribution in [0.5, 0.6) is 17.2 Å². The van der Waals surface area contributed by atoms with Gasteiger partial charge in [-0.25, -0.2) is 0 Å². The minimum Gasteiger partial charge on any atom is -0.497 e. The summed E-state index contributed by atoms with van der Waals surface area (Å²) in [5, 5.41) is 7.72. The van der Waals surface area contributed by atoms with Gasteiger partial charge in [0.2, 0.25) is 0 Å². The zero-order chi connectivity index (χ0) is 37.3. The van der Waals surface area contributed by atoms with Gasteiger partial charge in [0.05, 0.1) is 41.9 Å². The maximum Gasteiger partial charge on any atom is 0.307 e. The molecule has 1 heterocycles. The molecule has 0 aliphatic rings. The molecule has 0 spiro atoms. The van der Waals surface area contributed by atoms with Gasteiger partial charge in [0.1, 0.15) is 30.5 Å². The molecule has 1 aromatic heterocycles. The number of rotatable bonds is 16. The van der Waals surface area contributed by atoms with Crippen molar-refractivity contribution in [3.63, 3.8) is 0 Å². The predicted octanol–water partition coefficient (Wildman–Crippen LogP) is 8.57. The van der Waals surface area contributed by atoms with E-state index in [0.717, 1.165) is 11.1 Å². The monoisotopic (exact) mass is 725 g/mol. The average molecular weight is 726 g/mol. The highest BCUT2D eigenvalue weighted by Gasteiger charge is 2.34. The quantitative estimate of drug-likeness (QED) is 0.0790. The third-order valence-corrected chi connectivity index (χ3v) is 9.06. The molecule has 1 N–H and O–H groups in total. The zero-order valence-corrected chi connectivity index (χ0v) is 31.0. The largest absolute Gasteiger partial charge is 0.497 e. The van der Waals surface area contributed by atoms with Crippen molar-refractivity contribution < 1.29 is 33.1 Å². The van der Waals surface area contributed by atoms with Gasteiger partial charge in [-0.2, -0.15) is 0 Å². The van der Waals surface area contributed by atoms with Crippen molar-refractivity contribution in [2.45, 2.75) is 59.0 Å². The van der Waals surface area contributed by atoms with Crippen LogP contribution in [-0.2, 0) is 22.7 Å². The molecular weight excluding hydrogens is 682 g/mol. The molecule has 4 aromatic carbocycles. The number of halogens is 1. The van der Waals surface area contributed by atoms with Gasteiger partial charge in [0.15, 0.2) is 11.5 Å². The molecule has 0 bridgehead atoms. The van der Waals surface area contributed by atoms with E-state index in [1.807, 2.05) is 106 Å². The van der Waals surface area contributed by atoms with Crippen LogP contribution in [0.2, 0.25) is 5.02 Å². The van der Waals surface area contributed by atoms with Crippen molar-refractivity contribution in [1.82, 2.24) is 15.4 Å². The first-order chi connectivity index (χ1) is 25.0. The molecule has 0 saturated carbocycles. The fraction of sp³-hybridized carbons (Fsp3) is 0.293. The topological polar surface area (TPSA) is 112 Å². The summed E-state index contributed by atoms with van der Waals surface area (Å²) in [6, 6.07) is 30.0. The summed E-state index contributed by atoms with van der Waals surface area (Å²) in [5.41, 5.74) is 2.64. The lowest BCUT2D eigenvalue weighted by atomic mass is 9.98. The van der Waals surface area contributed by atoms with E-state index in [-0.39, 0.29) is 36.5 Å². The lowest BCUT2D eigenvalue weighted by Gasteiger charge is -2.39. The first-order valence-electron chi connectivity index (χ1n) is 17.0. The van der Waals surface area contributed by atoms with Crippen LogP contribution in [0.25, 0.3) is 22.5 Å². The lowest BCUT2D eigenvalue weighted by molar-refractivity contribution is -0.144. The minimum absolute atomic E-state index is 0.0502. The molecule has 1 amide bonds. The molecule has 10 nitrogen and oxygen atoms in total. The number of amides is 1. The molecule has 5 aromatic rings. The molecule has 5 rings (SSSR count). The number of methoxy groups -OCH3 is 1. The maximum absolute atomic E-state index is 14.2. The molecule has 52 heavy (non-hydrogen) atoms. The summed E-state index contributed by atoms with van der Waals surface area (Å²) in [7, 11) is 3.42. The van der Waals surface area contributed by atoms with E-state index in [1.165, 1.54) is 0 Å². The molecule has 1 unspecified atom stereocenters. The Hall–Kier alpha value is -5.32. The van der Waals surface area contributed by atoms with Gasteiger partial charge in [-0.3, -0.25) is 14.5 Å². The Morgan fingerprint density at radius 1 is 0.904 bits per heavy atom. The first-order valence-corrected chi connectivity index (χ1v) is 17.4. The predicted molar refractivity (Wildman–Crippen MR) is 201 cm³/mol. The SMILES string of the molecule is CCOC(=O)CC(C)N(C)C(C)(C)NC(=O)c1noc(-c2cc(Cl)c(OCc3ccccc3)cc2OCc2ccccc2)c1-c1ccc(OC)cc1. The Kier molecular flexibility index (Phi) is 12.6. The number of esters is 1. The molecule has 0 aliphatic heterocycles. The summed E-state index contributed by atoms with van der Waals surface area (Å²) in [5.74, 6) is 0.955. The standard InChI is InChI=1S/C41H44ClN3O7/c1-7-49-36(46)22-27(2)45(5)41(3,4)43-40(47)38-37(30-18-20-31(48-6)21-19-30)39(52-44-38)32-23-33(42)35(51-26-29-16-12-9-13-17-29)24-34(32)50-25-28-14-10-8-11-15-28/h8-21,23-24,27H,7,22,25-26H2,1-6H3,(H,43,47).